The molecule has 0 aromatic rings. The Hall–Kier alpha value is -0.120. The van der Waals surface area contributed by atoms with Crippen molar-refractivity contribution in [2.24, 2.45) is 5.92 Å². The van der Waals surface area contributed by atoms with Crippen molar-refractivity contribution in [3.8, 4) is 0 Å². The molecular weight excluding hydrogens is 236 g/mol. The van der Waals surface area contributed by atoms with Gasteiger partial charge in [-0.15, -0.1) is 0 Å². The number of piperidine rings is 1. The van der Waals surface area contributed by atoms with Crippen molar-refractivity contribution in [3.05, 3.63) is 0 Å². The van der Waals surface area contributed by atoms with Gasteiger partial charge in [0, 0.05) is 19.6 Å². The molecule has 19 heavy (non-hydrogen) atoms. The lowest BCUT2D eigenvalue weighted by molar-refractivity contribution is -0.0524. The van der Waals surface area contributed by atoms with Gasteiger partial charge in [0.25, 0.3) is 0 Å². The number of hydrogen-bond donors (Lipinski definition) is 0. The van der Waals surface area contributed by atoms with E-state index in [2.05, 4.69) is 16.7 Å². The Morgan fingerprint density at radius 2 is 1.79 bits per heavy atom. The van der Waals surface area contributed by atoms with Gasteiger partial charge >= 0.3 is 0 Å². The molecule has 3 saturated heterocycles. The Morgan fingerprint density at radius 3 is 2.53 bits per heavy atom. The molecule has 3 heterocycles. The maximum atomic E-state index is 6.23. The van der Waals surface area contributed by atoms with Gasteiger partial charge < -0.3 is 9.64 Å². The Kier molecular flexibility index (Phi) is 4.45. The largest absolute Gasteiger partial charge is 0.373 e. The number of ether oxygens (including phenoxy) is 1. The first kappa shape index (κ1) is 13.8. The molecule has 1 spiro atoms. The molecule has 3 aliphatic heterocycles. The topological polar surface area (TPSA) is 15.7 Å². The van der Waals surface area contributed by atoms with E-state index in [9.17, 15) is 0 Å². The number of nitrogens with zero attached hydrogens (tertiary/aromatic N) is 2. The third kappa shape index (κ3) is 3.32. The Morgan fingerprint density at radius 1 is 1.05 bits per heavy atom. The van der Waals surface area contributed by atoms with Gasteiger partial charge in [-0.25, -0.2) is 0 Å². The number of hydrogen-bond acceptors (Lipinski definition) is 3. The molecule has 2 unspecified atom stereocenters. The summed E-state index contributed by atoms with van der Waals surface area (Å²) in [5.74, 6) is 0.818. The highest BCUT2D eigenvalue weighted by Gasteiger charge is 2.42. The molecule has 3 rings (SSSR count). The van der Waals surface area contributed by atoms with E-state index in [0.717, 1.165) is 12.5 Å². The van der Waals surface area contributed by atoms with Crippen LogP contribution >= 0.6 is 0 Å². The summed E-state index contributed by atoms with van der Waals surface area (Å²) in [5.41, 5.74) is 0.226. The molecule has 2 atom stereocenters. The fourth-order valence-corrected chi connectivity index (χ4v) is 4.16. The third-order valence-corrected chi connectivity index (χ3v) is 5.41. The lowest BCUT2D eigenvalue weighted by atomic mass is 9.86. The van der Waals surface area contributed by atoms with Gasteiger partial charge in [-0.05, 0) is 57.7 Å². The van der Waals surface area contributed by atoms with Gasteiger partial charge in [-0.1, -0.05) is 13.3 Å². The van der Waals surface area contributed by atoms with Crippen LogP contribution in [0.4, 0.5) is 0 Å². The van der Waals surface area contributed by atoms with Crippen LogP contribution in [0.15, 0.2) is 0 Å². The van der Waals surface area contributed by atoms with Crippen LogP contribution in [0.5, 0.6) is 0 Å². The fraction of sp³-hybridized carbons (Fsp3) is 1.00. The lowest BCUT2D eigenvalue weighted by Gasteiger charge is -2.40. The van der Waals surface area contributed by atoms with Crippen molar-refractivity contribution in [2.75, 3.05) is 45.9 Å². The molecular formula is C16H30N2O. The zero-order valence-corrected chi connectivity index (χ0v) is 12.6. The normalized spacial score (nSPS) is 37.4. The molecule has 110 valence electrons. The summed E-state index contributed by atoms with van der Waals surface area (Å²) in [5, 5.41) is 0. The summed E-state index contributed by atoms with van der Waals surface area (Å²) in [6.45, 7) is 11.0. The van der Waals surface area contributed by atoms with Crippen molar-refractivity contribution in [1.82, 2.24) is 9.80 Å². The Bertz CT molecular complexity index is 290. The van der Waals surface area contributed by atoms with Crippen LogP contribution in [0.1, 0.15) is 45.4 Å². The summed E-state index contributed by atoms with van der Waals surface area (Å²) in [6.07, 6.45) is 8.04. The van der Waals surface area contributed by atoms with Crippen LogP contribution in [-0.4, -0.2) is 61.3 Å². The summed E-state index contributed by atoms with van der Waals surface area (Å²) >= 11 is 0. The second-order valence-corrected chi connectivity index (χ2v) is 6.90. The van der Waals surface area contributed by atoms with Gasteiger partial charge in [0.05, 0.1) is 12.2 Å². The molecule has 0 aromatic carbocycles. The van der Waals surface area contributed by atoms with Crippen molar-refractivity contribution in [1.29, 1.82) is 0 Å². The fourth-order valence-electron chi connectivity index (χ4n) is 4.16. The smallest absolute Gasteiger partial charge is 0.0812 e. The molecule has 0 radical (unpaired) electrons. The molecule has 0 aromatic heterocycles. The van der Waals surface area contributed by atoms with Gasteiger partial charge in [0.1, 0.15) is 0 Å². The van der Waals surface area contributed by atoms with Crippen LogP contribution < -0.4 is 0 Å². The van der Waals surface area contributed by atoms with E-state index in [1.165, 1.54) is 77.8 Å². The molecule has 0 N–H and O–H groups in total. The van der Waals surface area contributed by atoms with Crippen molar-refractivity contribution < 1.29 is 4.74 Å². The van der Waals surface area contributed by atoms with E-state index in [1.807, 2.05) is 0 Å². The van der Waals surface area contributed by atoms with Gasteiger partial charge in [-0.2, -0.15) is 0 Å². The van der Waals surface area contributed by atoms with E-state index in [0.29, 0.717) is 0 Å². The summed E-state index contributed by atoms with van der Waals surface area (Å²) in [4.78, 5) is 5.30. The number of likely N-dealkylation sites (tertiary alicyclic amines) is 2. The molecule has 3 nitrogen and oxygen atoms in total. The maximum Gasteiger partial charge on any atom is 0.0812 e. The highest BCUT2D eigenvalue weighted by Crippen LogP contribution is 2.38. The van der Waals surface area contributed by atoms with Gasteiger partial charge in [-0.3, -0.25) is 4.90 Å². The molecule has 3 aliphatic rings. The monoisotopic (exact) mass is 266 g/mol. The predicted molar refractivity (Wildman–Crippen MR) is 78.4 cm³/mol. The van der Waals surface area contributed by atoms with E-state index >= 15 is 0 Å². The zero-order valence-electron chi connectivity index (χ0n) is 12.6. The van der Waals surface area contributed by atoms with Crippen LogP contribution in [0.3, 0.4) is 0 Å². The SMILES string of the molecule is CCC1COC2(CCCN(CCN3CCCC3)C2)C1. The lowest BCUT2D eigenvalue weighted by Crippen LogP contribution is -2.49. The second kappa shape index (κ2) is 6.11. The molecule has 0 saturated carbocycles. The van der Waals surface area contributed by atoms with E-state index < -0.39 is 0 Å². The minimum atomic E-state index is 0.226. The highest BCUT2D eigenvalue weighted by molar-refractivity contribution is 4.94. The van der Waals surface area contributed by atoms with E-state index in [4.69, 9.17) is 4.74 Å². The molecule has 3 heteroatoms. The summed E-state index contributed by atoms with van der Waals surface area (Å²) in [6, 6.07) is 0. The zero-order chi connectivity index (χ0) is 13.1. The maximum absolute atomic E-state index is 6.23. The summed E-state index contributed by atoms with van der Waals surface area (Å²) < 4.78 is 6.23. The van der Waals surface area contributed by atoms with Crippen LogP contribution in [-0.2, 0) is 4.74 Å². The third-order valence-electron chi connectivity index (χ3n) is 5.41. The second-order valence-electron chi connectivity index (χ2n) is 6.90. The quantitative estimate of drug-likeness (QED) is 0.777. The Labute approximate surface area is 118 Å². The van der Waals surface area contributed by atoms with Crippen LogP contribution in [0.25, 0.3) is 0 Å². The first-order valence-corrected chi connectivity index (χ1v) is 8.38. The van der Waals surface area contributed by atoms with Gasteiger partial charge in [0.15, 0.2) is 0 Å². The van der Waals surface area contributed by atoms with Crippen molar-refractivity contribution >= 4 is 0 Å². The molecule has 0 bridgehead atoms. The summed E-state index contributed by atoms with van der Waals surface area (Å²) in [7, 11) is 0. The molecule has 0 aliphatic carbocycles. The predicted octanol–water partition coefficient (Wildman–Crippen LogP) is 2.36. The standard InChI is InChI=1S/C16H30N2O/c1-2-15-12-16(19-13-15)6-5-9-18(14-16)11-10-17-7-3-4-8-17/h15H,2-14H2,1H3. The average molecular weight is 266 g/mol. The first-order chi connectivity index (χ1) is 9.30. The average Bonchev–Trinajstić information content (AvgIpc) is 3.07. The Balaban J connectivity index is 1.47. The molecule has 0 amide bonds. The molecule has 3 fully saturated rings. The van der Waals surface area contributed by atoms with Gasteiger partial charge in [0.2, 0.25) is 0 Å². The highest BCUT2D eigenvalue weighted by atomic mass is 16.5. The van der Waals surface area contributed by atoms with Crippen molar-refractivity contribution in [2.45, 2.75) is 51.0 Å². The van der Waals surface area contributed by atoms with E-state index in [1.54, 1.807) is 0 Å². The van der Waals surface area contributed by atoms with E-state index in [-0.39, 0.29) is 5.60 Å². The minimum Gasteiger partial charge on any atom is -0.373 e. The first-order valence-electron chi connectivity index (χ1n) is 8.38. The van der Waals surface area contributed by atoms with Crippen LogP contribution in [0, 0.1) is 5.92 Å². The van der Waals surface area contributed by atoms with Crippen LogP contribution in [0.2, 0.25) is 0 Å². The van der Waals surface area contributed by atoms with Crippen molar-refractivity contribution in [3.63, 3.8) is 0 Å². The minimum absolute atomic E-state index is 0.226. The number of rotatable bonds is 4.